The summed E-state index contributed by atoms with van der Waals surface area (Å²) in [6.45, 7) is 2.88. The maximum atomic E-state index is 11.2. The molecule has 0 aromatic heterocycles. The zero-order chi connectivity index (χ0) is 12.3. The van der Waals surface area contributed by atoms with Crippen molar-refractivity contribution >= 4 is 12.1 Å². The average Bonchev–Trinajstić information content (AvgIpc) is 2.39. The standard InChI is InChI=1S/C14H17NO2/c1-10-4-2-3-5-12(10)11-6-7-13(15-8-11)14(17)9-16/h2-5,9,11,13,15H,6-8H2,1H3. The number of ketones is 1. The van der Waals surface area contributed by atoms with E-state index in [0.29, 0.717) is 12.2 Å². The van der Waals surface area contributed by atoms with Gasteiger partial charge in [0.05, 0.1) is 6.04 Å². The van der Waals surface area contributed by atoms with Crippen LogP contribution in [-0.4, -0.2) is 24.7 Å². The molecule has 0 aliphatic carbocycles. The highest BCUT2D eigenvalue weighted by molar-refractivity contribution is 6.27. The van der Waals surface area contributed by atoms with E-state index in [4.69, 9.17) is 0 Å². The normalized spacial score (nSPS) is 24.3. The number of benzene rings is 1. The van der Waals surface area contributed by atoms with Crippen LogP contribution in [-0.2, 0) is 9.59 Å². The van der Waals surface area contributed by atoms with Crippen molar-refractivity contribution in [1.82, 2.24) is 5.32 Å². The van der Waals surface area contributed by atoms with Gasteiger partial charge < -0.3 is 5.32 Å². The van der Waals surface area contributed by atoms with Crippen LogP contribution in [0.2, 0.25) is 0 Å². The average molecular weight is 231 g/mol. The summed E-state index contributed by atoms with van der Waals surface area (Å²) >= 11 is 0. The van der Waals surface area contributed by atoms with Crippen LogP contribution >= 0.6 is 0 Å². The molecule has 2 atom stereocenters. The minimum atomic E-state index is -0.326. The summed E-state index contributed by atoms with van der Waals surface area (Å²) in [5.41, 5.74) is 2.64. The van der Waals surface area contributed by atoms with E-state index in [9.17, 15) is 9.59 Å². The summed E-state index contributed by atoms with van der Waals surface area (Å²) < 4.78 is 0. The molecule has 90 valence electrons. The van der Waals surface area contributed by atoms with E-state index in [1.165, 1.54) is 11.1 Å². The predicted octanol–water partition coefficient (Wildman–Crippen LogP) is 1.60. The fraction of sp³-hybridized carbons (Fsp3) is 0.429. The minimum Gasteiger partial charge on any atom is -0.306 e. The fourth-order valence-electron chi connectivity index (χ4n) is 2.49. The van der Waals surface area contributed by atoms with Gasteiger partial charge in [0, 0.05) is 6.54 Å². The molecule has 0 saturated carbocycles. The van der Waals surface area contributed by atoms with Crippen molar-refractivity contribution in [3.8, 4) is 0 Å². The Morgan fingerprint density at radius 2 is 2.12 bits per heavy atom. The SMILES string of the molecule is Cc1ccccc1C1CCC(C(=O)C=O)NC1. The van der Waals surface area contributed by atoms with E-state index >= 15 is 0 Å². The number of carbonyl (C=O) groups is 2. The second kappa shape index (κ2) is 5.23. The van der Waals surface area contributed by atoms with Crippen LogP contribution in [0.25, 0.3) is 0 Å². The third-order valence-corrected chi connectivity index (χ3v) is 3.50. The maximum Gasteiger partial charge on any atom is 0.212 e. The number of rotatable bonds is 3. The largest absolute Gasteiger partial charge is 0.306 e. The van der Waals surface area contributed by atoms with Gasteiger partial charge in [-0.2, -0.15) is 0 Å². The van der Waals surface area contributed by atoms with Crippen molar-refractivity contribution in [2.24, 2.45) is 0 Å². The topological polar surface area (TPSA) is 46.2 Å². The van der Waals surface area contributed by atoms with Crippen LogP contribution < -0.4 is 5.32 Å². The highest BCUT2D eigenvalue weighted by atomic mass is 16.2. The van der Waals surface area contributed by atoms with Crippen LogP contribution in [0.15, 0.2) is 24.3 Å². The summed E-state index contributed by atoms with van der Waals surface area (Å²) in [4.78, 5) is 21.7. The Morgan fingerprint density at radius 3 is 2.71 bits per heavy atom. The first kappa shape index (κ1) is 12.0. The number of nitrogens with one attached hydrogen (secondary N) is 1. The van der Waals surface area contributed by atoms with Crippen LogP contribution in [0.3, 0.4) is 0 Å². The van der Waals surface area contributed by atoms with Gasteiger partial charge in [-0.3, -0.25) is 9.59 Å². The molecule has 1 aliphatic rings. The van der Waals surface area contributed by atoms with Crippen LogP contribution in [0.4, 0.5) is 0 Å². The van der Waals surface area contributed by atoms with E-state index in [1.54, 1.807) is 0 Å². The monoisotopic (exact) mass is 231 g/mol. The molecule has 0 radical (unpaired) electrons. The Hall–Kier alpha value is -1.48. The highest BCUT2D eigenvalue weighted by Crippen LogP contribution is 2.27. The second-order valence-corrected chi connectivity index (χ2v) is 4.61. The van der Waals surface area contributed by atoms with Crippen molar-refractivity contribution in [3.63, 3.8) is 0 Å². The Balaban J connectivity index is 2.02. The zero-order valence-electron chi connectivity index (χ0n) is 9.98. The summed E-state index contributed by atoms with van der Waals surface area (Å²) in [6.07, 6.45) is 2.13. The molecule has 1 saturated heterocycles. The first-order valence-electron chi connectivity index (χ1n) is 6.00. The number of piperidine rings is 1. The van der Waals surface area contributed by atoms with Crippen molar-refractivity contribution in [1.29, 1.82) is 0 Å². The Bertz CT molecular complexity index is 420. The minimum absolute atomic E-state index is 0.271. The van der Waals surface area contributed by atoms with Crippen molar-refractivity contribution < 1.29 is 9.59 Å². The third kappa shape index (κ3) is 2.61. The molecule has 17 heavy (non-hydrogen) atoms. The van der Waals surface area contributed by atoms with Gasteiger partial charge in [0.1, 0.15) is 0 Å². The van der Waals surface area contributed by atoms with Crippen LogP contribution in [0.1, 0.15) is 29.9 Å². The van der Waals surface area contributed by atoms with E-state index < -0.39 is 0 Å². The predicted molar refractivity (Wildman–Crippen MR) is 66.0 cm³/mol. The summed E-state index contributed by atoms with van der Waals surface area (Å²) in [7, 11) is 0. The first-order chi connectivity index (χ1) is 8.22. The summed E-state index contributed by atoms with van der Waals surface area (Å²) in [5.74, 6) is 0.125. The van der Waals surface area contributed by atoms with E-state index in [2.05, 4.69) is 24.4 Å². The van der Waals surface area contributed by atoms with Gasteiger partial charge in [-0.15, -0.1) is 0 Å². The number of hydrogen-bond donors (Lipinski definition) is 1. The lowest BCUT2D eigenvalue weighted by Crippen LogP contribution is -2.43. The first-order valence-corrected chi connectivity index (χ1v) is 6.00. The number of Topliss-reactive ketones (excluding diaryl/α,β-unsaturated/α-hetero) is 1. The van der Waals surface area contributed by atoms with Gasteiger partial charge in [0.2, 0.25) is 5.78 Å². The Labute approximate surface area is 101 Å². The maximum absolute atomic E-state index is 11.2. The number of aldehydes is 1. The third-order valence-electron chi connectivity index (χ3n) is 3.50. The molecular formula is C14H17NO2. The Morgan fingerprint density at radius 1 is 1.35 bits per heavy atom. The van der Waals surface area contributed by atoms with Gasteiger partial charge in [-0.25, -0.2) is 0 Å². The summed E-state index contributed by atoms with van der Waals surface area (Å²) in [6, 6.07) is 8.06. The molecule has 2 unspecified atom stereocenters. The van der Waals surface area contributed by atoms with Gasteiger partial charge >= 0.3 is 0 Å². The Kier molecular flexibility index (Phi) is 3.69. The van der Waals surface area contributed by atoms with Crippen molar-refractivity contribution in [2.75, 3.05) is 6.54 Å². The van der Waals surface area contributed by atoms with Gasteiger partial charge in [-0.05, 0) is 36.8 Å². The number of aryl methyl sites for hydroxylation is 1. The van der Waals surface area contributed by atoms with E-state index in [0.717, 1.165) is 19.4 Å². The molecule has 1 aromatic rings. The van der Waals surface area contributed by atoms with Crippen LogP contribution in [0.5, 0.6) is 0 Å². The fourth-order valence-corrected chi connectivity index (χ4v) is 2.49. The molecule has 1 heterocycles. The van der Waals surface area contributed by atoms with Crippen molar-refractivity contribution in [3.05, 3.63) is 35.4 Å². The summed E-state index contributed by atoms with van der Waals surface area (Å²) in [5, 5.41) is 3.16. The van der Waals surface area contributed by atoms with E-state index in [-0.39, 0.29) is 11.8 Å². The lowest BCUT2D eigenvalue weighted by atomic mass is 9.86. The van der Waals surface area contributed by atoms with Gasteiger partial charge in [-0.1, -0.05) is 24.3 Å². The molecule has 2 rings (SSSR count). The lowest BCUT2D eigenvalue weighted by molar-refractivity contribution is -0.131. The molecule has 0 bridgehead atoms. The number of carbonyl (C=O) groups excluding carboxylic acids is 2. The molecule has 1 N–H and O–H groups in total. The van der Waals surface area contributed by atoms with Gasteiger partial charge in [0.25, 0.3) is 0 Å². The molecular weight excluding hydrogens is 214 g/mol. The quantitative estimate of drug-likeness (QED) is 0.635. The molecule has 0 spiro atoms. The lowest BCUT2D eigenvalue weighted by Gasteiger charge is -2.29. The number of hydrogen-bond acceptors (Lipinski definition) is 3. The molecule has 3 heteroatoms. The molecule has 1 fully saturated rings. The molecule has 3 nitrogen and oxygen atoms in total. The zero-order valence-corrected chi connectivity index (χ0v) is 9.98. The highest BCUT2D eigenvalue weighted by Gasteiger charge is 2.26. The second-order valence-electron chi connectivity index (χ2n) is 4.61. The van der Waals surface area contributed by atoms with Crippen LogP contribution in [0, 0.1) is 6.92 Å². The molecule has 1 aliphatic heterocycles. The van der Waals surface area contributed by atoms with Gasteiger partial charge in [0.15, 0.2) is 6.29 Å². The van der Waals surface area contributed by atoms with E-state index in [1.807, 2.05) is 12.1 Å². The smallest absolute Gasteiger partial charge is 0.212 e. The molecule has 0 amide bonds. The van der Waals surface area contributed by atoms with Crippen molar-refractivity contribution in [2.45, 2.75) is 31.7 Å². The molecule has 1 aromatic carbocycles.